The van der Waals surface area contributed by atoms with Crippen molar-refractivity contribution in [3.8, 4) is 0 Å². The molecule has 0 bridgehead atoms. The highest BCUT2D eigenvalue weighted by molar-refractivity contribution is 5.85. The van der Waals surface area contributed by atoms with Crippen LogP contribution in [0, 0.1) is 0 Å². The minimum absolute atomic E-state index is 0. The second kappa shape index (κ2) is 11.6. The molecule has 0 aliphatic carbocycles. The Hall–Kier alpha value is -1.92. The third-order valence-corrected chi connectivity index (χ3v) is 3.80. The summed E-state index contributed by atoms with van der Waals surface area (Å²) in [6, 6.07) is 9.69. The second-order valence-electron chi connectivity index (χ2n) is 5.95. The minimum Gasteiger partial charge on any atom is -0.346 e. The van der Waals surface area contributed by atoms with Crippen LogP contribution in [0.1, 0.15) is 62.3 Å². The third kappa shape index (κ3) is 7.67. The smallest absolute Gasteiger partial charge is 0.231 e. The van der Waals surface area contributed by atoms with Crippen LogP contribution < -0.4 is 11.1 Å². The number of nitrogens with two attached hydrogens (primary N) is 1. The average molecular weight is 367 g/mol. The first-order valence-electron chi connectivity index (χ1n) is 8.55. The van der Waals surface area contributed by atoms with E-state index in [1.807, 2.05) is 37.3 Å². The SMILES string of the molecule is CC(NC(=O)CCCCCCN)c1noc(Cc2ccccc2)n1.Cl. The summed E-state index contributed by atoms with van der Waals surface area (Å²) in [6.45, 7) is 2.58. The predicted molar refractivity (Wildman–Crippen MR) is 99.5 cm³/mol. The lowest BCUT2D eigenvalue weighted by Crippen LogP contribution is -2.27. The first kappa shape index (κ1) is 21.1. The molecule has 1 heterocycles. The molecule has 1 atom stereocenters. The van der Waals surface area contributed by atoms with E-state index in [1.54, 1.807) is 0 Å². The van der Waals surface area contributed by atoms with Gasteiger partial charge in [0.25, 0.3) is 0 Å². The quantitative estimate of drug-likeness (QED) is 0.630. The number of unbranched alkanes of at least 4 members (excludes halogenated alkanes) is 3. The molecule has 1 amide bonds. The van der Waals surface area contributed by atoms with Crippen LogP contribution in [0.5, 0.6) is 0 Å². The van der Waals surface area contributed by atoms with Crippen LogP contribution in [-0.2, 0) is 11.2 Å². The Kier molecular flexibility index (Phi) is 9.80. The monoisotopic (exact) mass is 366 g/mol. The number of hydrogen-bond donors (Lipinski definition) is 2. The fraction of sp³-hybridized carbons (Fsp3) is 0.500. The molecule has 7 heteroatoms. The maximum absolute atomic E-state index is 11.9. The molecule has 0 fully saturated rings. The molecule has 1 aromatic heterocycles. The zero-order valence-corrected chi connectivity index (χ0v) is 15.4. The molecule has 6 nitrogen and oxygen atoms in total. The van der Waals surface area contributed by atoms with Crippen molar-refractivity contribution in [3.05, 3.63) is 47.6 Å². The van der Waals surface area contributed by atoms with Crippen molar-refractivity contribution in [1.29, 1.82) is 0 Å². The third-order valence-electron chi connectivity index (χ3n) is 3.80. The Morgan fingerprint density at radius 2 is 1.92 bits per heavy atom. The van der Waals surface area contributed by atoms with Crippen LogP contribution in [-0.4, -0.2) is 22.6 Å². The van der Waals surface area contributed by atoms with E-state index < -0.39 is 0 Å². The fourth-order valence-corrected chi connectivity index (χ4v) is 2.45. The molecular weight excluding hydrogens is 340 g/mol. The number of benzene rings is 1. The van der Waals surface area contributed by atoms with Gasteiger partial charge in [0.1, 0.15) is 0 Å². The Bertz CT molecular complexity index is 619. The standard InChI is InChI=1S/C18H26N4O2.ClH/c1-14(20-16(23)11-7-2-3-8-12-19)18-21-17(24-22-18)13-15-9-5-4-6-10-15;/h4-6,9-10,14H,2-3,7-8,11-13,19H2,1H3,(H,20,23);1H. The Balaban J connectivity index is 0.00000312. The summed E-state index contributed by atoms with van der Waals surface area (Å²) in [5.74, 6) is 1.08. The van der Waals surface area contributed by atoms with Gasteiger partial charge in [0.15, 0.2) is 5.82 Å². The highest BCUT2D eigenvalue weighted by Gasteiger charge is 2.16. The van der Waals surface area contributed by atoms with E-state index in [1.165, 1.54) is 0 Å². The van der Waals surface area contributed by atoms with Gasteiger partial charge < -0.3 is 15.6 Å². The summed E-state index contributed by atoms with van der Waals surface area (Å²) in [5.41, 5.74) is 6.56. The molecule has 0 aliphatic rings. The predicted octanol–water partition coefficient (Wildman–Crippen LogP) is 3.17. The average Bonchev–Trinajstić information content (AvgIpc) is 3.04. The number of carbonyl (C=O) groups is 1. The first-order valence-corrected chi connectivity index (χ1v) is 8.55. The van der Waals surface area contributed by atoms with Gasteiger partial charge in [-0.15, -0.1) is 12.4 Å². The van der Waals surface area contributed by atoms with Crippen molar-refractivity contribution in [2.75, 3.05) is 6.54 Å². The molecule has 2 rings (SSSR count). The van der Waals surface area contributed by atoms with Crippen LogP contribution >= 0.6 is 12.4 Å². The fourth-order valence-electron chi connectivity index (χ4n) is 2.45. The molecule has 25 heavy (non-hydrogen) atoms. The van der Waals surface area contributed by atoms with Crippen molar-refractivity contribution >= 4 is 18.3 Å². The summed E-state index contributed by atoms with van der Waals surface area (Å²) < 4.78 is 5.27. The van der Waals surface area contributed by atoms with Crippen molar-refractivity contribution < 1.29 is 9.32 Å². The Labute approximate surface area is 155 Å². The lowest BCUT2D eigenvalue weighted by molar-refractivity contribution is -0.121. The number of nitrogens with zero attached hydrogens (tertiary/aromatic N) is 2. The number of hydrogen-bond acceptors (Lipinski definition) is 5. The Morgan fingerprint density at radius 3 is 2.64 bits per heavy atom. The van der Waals surface area contributed by atoms with Gasteiger partial charge in [-0.25, -0.2) is 0 Å². The second-order valence-corrected chi connectivity index (χ2v) is 5.95. The molecular formula is C18H27ClN4O2. The largest absolute Gasteiger partial charge is 0.346 e. The highest BCUT2D eigenvalue weighted by atomic mass is 35.5. The number of rotatable bonds is 10. The summed E-state index contributed by atoms with van der Waals surface area (Å²) in [6.07, 6.45) is 5.11. The van der Waals surface area contributed by atoms with E-state index in [2.05, 4.69) is 15.5 Å². The number of halogens is 1. The maximum atomic E-state index is 11.9. The molecule has 1 unspecified atom stereocenters. The Morgan fingerprint density at radius 1 is 1.20 bits per heavy atom. The zero-order chi connectivity index (χ0) is 17.2. The molecule has 0 saturated heterocycles. The van der Waals surface area contributed by atoms with Crippen LogP contribution in [0.15, 0.2) is 34.9 Å². The van der Waals surface area contributed by atoms with Crippen LogP contribution in [0.2, 0.25) is 0 Å². The highest BCUT2D eigenvalue weighted by Crippen LogP contribution is 2.12. The van der Waals surface area contributed by atoms with E-state index >= 15 is 0 Å². The molecule has 2 aromatic rings. The molecule has 0 aliphatic heterocycles. The van der Waals surface area contributed by atoms with E-state index in [-0.39, 0.29) is 24.4 Å². The molecule has 0 radical (unpaired) electrons. The summed E-state index contributed by atoms with van der Waals surface area (Å²) >= 11 is 0. The number of nitrogens with one attached hydrogen (secondary N) is 1. The van der Waals surface area contributed by atoms with Crippen molar-refractivity contribution in [2.45, 2.75) is 51.5 Å². The summed E-state index contributed by atoms with van der Waals surface area (Å²) in [4.78, 5) is 16.3. The minimum atomic E-state index is -0.255. The number of aromatic nitrogens is 2. The summed E-state index contributed by atoms with van der Waals surface area (Å²) in [5, 5.41) is 6.89. The van der Waals surface area contributed by atoms with E-state index in [4.69, 9.17) is 10.3 Å². The lowest BCUT2D eigenvalue weighted by Gasteiger charge is -2.09. The van der Waals surface area contributed by atoms with Crippen molar-refractivity contribution in [1.82, 2.24) is 15.5 Å². The zero-order valence-electron chi connectivity index (χ0n) is 14.6. The van der Waals surface area contributed by atoms with Gasteiger partial charge in [0.05, 0.1) is 12.5 Å². The van der Waals surface area contributed by atoms with Gasteiger partial charge in [-0.2, -0.15) is 4.98 Å². The van der Waals surface area contributed by atoms with Gasteiger partial charge in [0.2, 0.25) is 11.8 Å². The van der Waals surface area contributed by atoms with Crippen molar-refractivity contribution in [2.24, 2.45) is 5.73 Å². The maximum Gasteiger partial charge on any atom is 0.231 e. The van der Waals surface area contributed by atoms with Gasteiger partial charge in [-0.05, 0) is 31.9 Å². The lowest BCUT2D eigenvalue weighted by atomic mass is 10.1. The van der Waals surface area contributed by atoms with Crippen molar-refractivity contribution in [3.63, 3.8) is 0 Å². The van der Waals surface area contributed by atoms with E-state index in [0.29, 0.717) is 31.1 Å². The molecule has 138 valence electrons. The summed E-state index contributed by atoms with van der Waals surface area (Å²) in [7, 11) is 0. The molecule has 1 aromatic carbocycles. The van der Waals surface area contributed by atoms with Crippen LogP contribution in [0.3, 0.4) is 0 Å². The molecule has 0 saturated carbocycles. The molecule has 0 spiro atoms. The van der Waals surface area contributed by atoms with Crippen LogP contribution in [0.25, 0.3) is 0 Å². The van der Waals surface area contributed by atoms with Gasteiger partial charge >= 0.3 is 0 Å². The first-order chi connectivity index (χ1) is 11.7. The van der Waals surface area contributed by atoms with Gasteiger partial charge in [0, 0.05) is 6.42 Å². The van der Waals surface area contributed by atoms with Gasteiger partial charge in [-0.3, -0.25) is 4.79 Å². The van der Waals surface area contributed by atoms with Crippen LogP contribution in [0.4, 0.5) is 0 Å². The van der Waals surface area contributed by atoms with E-state index in [9.17, 15) is 4.79 Å². The number of amides is 1. The number of carbonyl (C=O) groups excluding carboxylic acids is 1. The topological polar surface area (TPSA) is 94.0 Å². The van der Waals surface area contributed by atoms with Gasteiger partial charge in [-0.1, -0.05) is 48.3 Å². The van der Waals surface area contributed by atoms with E-state index in [0.717, 1.165) is 31.2 Å². The molecule has 3 N–H and O–H groups in total. The normalized spacial score (nSPS) is 11.6.